The number of anilines is 1. The number of carbonyl (C=O) groups excluding carboxylic acids is 1. The van der Waals surface area contributed by atoms with Crippen molar-refractivity contribution in [3.05, 3.63) is 40.4 Å². The fourth-order valence-electron chi connectivity index (χ4n) is 1.07. The monoisotopic (exact) mass is 279 g/mol. The Morgan fingerprint density at radius 3 is 2.63 bits per heavy atom. The number of rotatable bonds is 2. The highest BCUT2D eigenvalue weighted by Crippen LogP contribution is 2.19. The maximum absolute atomic E-state index is 13.3. The van der Waals surface area contributed by atoms with E-state index in [0.29, 0.717) is 0 Å². The number of amides is 2. The molecule has 1 aromatic carbocycles. The first-order valence-corrected chi connectivity index (χ1v) is 5.18. The van der Waals surface area contributed by atoms with Gasteiger partial charge in [0, 0.05) is 5.02 Å². The third-order valence-corrected chi connectivity index (χ3v) is 2.15. The minimum Gasteiger partial charge on any atom is -0.388 e. The molecule has 0 atom stereocenters. The highest BCUT2D eigenvalue weighted by Gasteiger charge is 2.10. The molecule has 0 aliphatic heterocycles. The Kier molecular flexibility index (Phi) is 4.69. The van der Waals surface area contributed by atoms with Crippen LogP contribution in [-0.2, 0) is 0 Å². The van der Waals surface area contributed by atoms with Gasteiger partial charge >= 0.3 is 6.03 Å². The van der Waals surface area contributed by atoms with Crippen molar-refractivity contribution in [1.82, 2.24) is 5.32 Å². The first-order chi connectivity index (χ1) is 8.97. The molecule has 19 heavy (non-hydrogen) atoms. The molecular weight excluding hydrogens is 273 g/mol. The van der Waals surface area contributed by atoms with E-state index in [-0.39, 0.29) is 10.7 Å². The fourth-order valence-corrected chi connectivity index (χ4v) is 1.24. The quantitative estimate of drug-likeness (QED) is 0.716. The minimum atomic E-state index is -0.920. The van der Waals surface area contributed by atoms with Crippen molar-refractivity contribution >= 4 is 23.3 Å². The van der Waals surface area contributed by atoms with E-state index in [1.54, 1.807) is 0 Å². The molecule has 0 radical (unpaired) electrons. The summed E-state index contributed by atoms with van der Waals surface area (Å²) in [5.74, 6) is -0.699. The predicted molar refractivity (Wildman–Crippen MR) is 66.0 cm³/mol. The van der Waals surface area contributed by atoms with Gasteiger partial charge in [0.05, 0.1) is 5.69 Å². The summed E-state index contributed by atoms with van der Waals surface area (Å²) in [6.45, 7) is 0. The molecule has 0 saturated heterocycles. The van der Waals surface area contributed by atoms with Crippen molar-refractivity contribution in [2.24, 2.45) is 5.73 Å². The summed E-state index contributed by atoms with van der Waals surface area (Å²) in [6.07, 6.45) is 0. The topological polar surface area (TPSA) is 115 Å². The van der Waals surface area contributed by atoms with Crippen LogP contribution in [-0.4, -0.2) is 6.03 Å². The Labute approximate surface area is 112 Å². The number of nitrogens with two attached hydrogens (primary N) is 1. The Balaban J connectivity index is 2.85. The summed E-state index contributed by atoms with van der Waals surface area (Å²) in [6, 6.07) is 5.70. The van der Waals surface area contributed by atoms with E-state index in [9.17, 15) is 9.18 Å². The predicted octanol–water partition coefficient (Wildman–Crippen LogP) is 1.82. The van der Waals surface area contributed by atoms with Crippen LogP contribution in [0, 0.1) is 28.5 Å². The number of nitriles is 2. The molecule has 0 bridgehead atoms. The summed E-state index contributed by atoms with van der Waals surface area (Å²) in [5, 5.41) is 21.5. The Bertz CT molecular complexity index is 629. The normalized spacial score (nSPS) is 10.7. The number of nitrogens with one attached hydrogen (secondary N) is 2. The first-order valence-electron chi connectivity index (χ1n) is 4.81. The molecule has 1 aromatic rings. The summed E-state index contributed by atoms with van der Waals surface area (Å²) >= 11 is 5.64. The van der Waals surface area contributed by atoms with Crippen LogP contribution in [0.5, 0.6) is 0 Å². The standard InChI is InChI=1S/C11H7ClFN5O/c12-6-1-2-7(13)9(3-6)17-11(19)18-10(5-15)8(16)4-14/h1-3H,16H2,(H2,17,18,19)/b10-8-. The van der Waals surface area contributed by atoms with Crippen LogP contribution in [0.1, 0.15) is 0 Å². The van der Waals surface area contributed by atoms with Gasteiger partial charge in [0.1, 0.15) is 23.7 Å². The van der Waals surface area contributed by atoms with Crippen molar-refractivity contribution in [2.45, 2.75) is 0 Å². The van der Waals surface area contributed by atoms with E-state index in [1.807, 2.05) is 5.32 Å². The van der Waals surface area contributed by atoms with Crippen LogP contribution in [0.15, 0.2) is 29.6 Å². The summed E-state index contributed by atoms with van der Waals surface area (Å²) < 4.78 is 13.3. The highest BCUT2D eigenvalue weighted by molar-refractivity contribution is 6.30. The van der Waals surface area contributed by atoms with E-state index in [0.717, 1.165) is 6.07 Å². The second-order valence-electron chi connectivity index (χ2n) is 3.22. The fraction of sp³-hybridized carbons (Fsp3) is 0. The lowest BCUT2D eigenvalue weighted by atomic mass is 10.3. The number of nitrogens with zero attached hydrogens (tertiary/aromatic N) is 2. The molecule has 0 spiro atoms. The zero-order valence-corrected chi connectivity index (χ0v) is 10.1. The summed E-state index contributed by atoms with van der Waals surface area (Å²) in [4.78, 5) is 11.5. The maximum Gasteiger partial charge on any atom is 0.324 e. The number of benzene rings is 1. The molecule has 6 nitrogen and oxygen atoms in total. The third kappa shape index (κ3) is 3.87. The van der Waals surface area contributed by atoms with Crippen molar-refractivity contribution < 1.29 is 9.18 Å². The number of halogens is 2. The first kappa shape index (κ1) is 14.3. The largest absolute Gasteiger partial charge is 0.388 e. The highest BCUT2D eigenvalue weighted by atomic mass is 35.5. The third-order valence-electron chi connectivity index (χ3n) is 1.92. The molecule has 96 valence electrons. The molecule has 1 rings (SSSR count). The van der Waals surface area contributed by atoms with Crippen LogP contribution >= 0.6 is 11.6 Å². The van der Waals surface area contributed by atoms with Crippen LogP contribution in [0.3, 0.4) is 0 Å². The smallest absolute Gasteiger partial charge is 0.324 e. The lowest BCUT2D eigenvalue weighted by Crippen LogP contribution is -2.29. The van der Waals surface area contributed by atoms with Crippen molar-refractivity contribution in [3.63, 3.8) is 0 Å². The van der Waals surface area contributed by atoms with Gasteiger partial charge < -0.3 is 11.1 Å². The van der Waals surface area contributed by atoms with Gasteiger partial charge in [0.25, 0.3) is 0 Å². The Hall–Kier alpha value is -2.77. The Morgan fingerprint density at radius 2 is 2.05 bits per heavy atom. The average molecular weight is 280 g/mol. The van der Waals surface area contributed by atoms with E-state index < -0.39 is 23.2 Å². The van der Waals surface area contributed by atoms with Crippen LogP contribution in [0.4, 0.5) is 14.9 Å². The van der Waals surface area contributed by atoms with Gasteiger partial charge in [-0.3, -0.25) is 5.32 Å². The molecule has 0 aliphatic carbocycles. The van der Waals surface area contributed by atoms with Gasteiger partial charge in [0.2, 0.25) is 0 Å². The number of urea groups is 1. The molecule has 4 N–H and O–H groups in total. The van der Waals surface area contributed by atoms with E-state index in [1.165, 1.54) is 24.3 Å². The molecule has 0 fully saturated rings. The second kappa shape index (κ2) is 6.24. The van der Waals surface area contributed by atoms with Crippen LogP contribution in [0.25, 0.3) is 0 Å². The molecule has 0 unspecified atom stereocenters. The van der Waals surface area contributed by atoms with E-state index in [2.05, 4.69) is 5.32 Å². The van der Waals surface area contributed by atoms with Gasteiger partial charge in [-0.15, -0.1) is 0 Å². The van der Waals surface area contributed by atoms with Gasteiger partial charge in [-0.25, -0.2) is 9.18 Å². The van der Waals surface area contributed by atoms with Crippen LogP contribution < -0.4 is 16.4 Å². The average Bonchev–Trinajstić information content (AvgIpc) is 2.39. The summed E-state index contributed by atoms with van der Waals surface area (Å²) in [5.41, 5.74) is 4.13. The molecule has 8 heteroatoms. The van der Waals surface area contributed by atoms with Gasteiger partial charge in [-0.1, -0.05) is 11.6 Å². The molecule has 0 aliphatic rings. The van der Waals surface area contributed by atoms with Gasteiger partial charge in [-0.05, 0) is 18.2 Å². The zero-order valence-electron chi connectivity index (χ0n) is 9.37. The second-order valence-corrected chi connectivity index (χ2v) is 3.65. The number of allylic oxidation sites excluding steroid dienone is 2. The number of hydrogen-bond acceptors (Lipinski definition) is 4. The molecule has 0 heterocycles. The molecular formula is C11H7ClFN5O. The summed E-state index contributed by atoms with van der Waals surface area (Å²) in [7, 11) is 0. The molecule has 0 aromatic heterocycles. The van der Waals surface area contributed by atoms with E-state index >= 15 is 0 Å². The molecule has 0 saturated carbocycles. The van der Waals surface area contributed by atoms with Gasteiger partial charge in [-0.2, -0.15) is 10.5 Å². The van der Waals surface area contributed by atoms with Crippen molar-refractivity contribution in [2.75, 3.05) is 5.32 Å². The zero-order chi connectivity index (χ0) is 14.4. The van der Waals surface area contributed by atoms with Gasteiger partial charge in [0.15, 0.2) is 5.70 Å². The lowest BCUT2D eigenvalue weighted by molar-refractivity contribution is 0.254. The lowest BCUT2D eigenvalue weighted by Gasteiger charge is -2.08. The van der Waals surface area contributed by atoms with Crippen molar-refractivity contribution in [1.29, 1.82) is 10.5 Å². The molecule has 2 amide bonds. The number of carbonyl (C=O) groups is 1. The van der Waals surface area contributed by atoms with E-state index in [4.69, 9.17) is 27.9 Å². The Morgan fingerprint density at radius 1 is 1.37 bits per heavy atom. The number of hydrogen-bond donors (Lipinski definition) is 3. The SMILES string of the molecule is N#C/C(N)=C(\C#N)NC(=O)Nc1cc(Cl)ccc1F. The van der Waals surface area contributed by atoms with Crippen LogP contribution in [0.2, 0.25) is 5.02 Å². The maximum atomic E-state index is 13.3. The van der Waals surface area contributed by atoms with Crippen molar-refractivity contribution in [3.8, 4) is 12.1 Å². The minimum absolute atomic E-state index is 0.169.